The fourth-order valence-electron chi connectivity index (χ4n) is 2.32. The van der Waals surface area contributed by atoms with Gasteiger partial charge < -0.3 is 10.1 Å². The maximum Gasteiger partial charge on any atom is 0.257 e. The van der Waals surface area contributed by atoms with Gasteiger partial charge in [0.25, 0.3) is 5.91 Å². The number of carbonyl (C=O) groups is 1. The third kappa shape index (κ3) is 5.38. The van der Waals surface area contributed by atoms with Gasteiger partial charge in [-0.3, -0.25) is 10.1 Å². The van der Waals surface area contributed by atoms with E-state index in [4.69, 9.17) is 28.6 Å². The first kappa shape index (κ1) is 19.5. The predicted molar refractivity (Wildman–Crippen MR) is 115 cm³/mol. The fourth-order valence-corrected chi connectivity index (χ4v) is 3.72. The average Bonchev–Trinajstić information content (AvgIpc) is 3.03. The highest BCUT2D eigenvalue weighted by Gasteiger charge is 2.11. The summed E-state index contributed by atoms with van der Waals surface area (Å²) >= 11 is 12.6. The molecule has 140 valence electrons. The van der Waals surface area contributed by atoms with E-state index in [0.717, 1.165) is 23.1 Å². The number of benzene rings is 2. The molecule has 1 heterocycles. The minimum Gasteiger partial charge on any atom is -0.494 e. The third-order valence-electron chi connectivity index (χ3n) is 3.66. The monoisotopic (exact) mass is 419 g/mol. The van der Waals surface area contributed by atoms with E-state index in [2.05, 4.69) is 22.5 Å². The van der Waals surface area contributed by atoms with Crippen LogP contribution >= 0.6 is 35.2 Å². The summed E-state index contributed by atoms with van der Waals surface area (Å²) in [5.74, 6) is 0.357. The first-order valence-electron chi connectivity index (χ1n) is 8.46. The van der Waals surface area contributed by atoms with Crippen LogP contribution in [0.3, 0.4) is 0 Å². The first-order valence-corrected chi connectivity index (χ1v) is 10.1. The summed E-state index contributed by atoms with van der Waals surface area (Å²) in [5.41, 5.74) is 1.29. The topological polar surface area (TPSA) is 63.2 Å². The summed E-state index contributed by atoms with van der Waals surface area (Å²) in [6.45, 7) is 2.73. The molecular formula is C19H18ClN3O2S2. The summed E-state index contributed by atoms with van der Waals surface area (Å²) in [4.78, 5) is 16.8. The first-order chi connectivity index (χ1) is 13.0. The van der Waals surface area contributed by atoms with Gasteiger partial charge in [-0.1, -0.05) is 42.3 Å². The lowest BCUT2D eigenvalue weighted by Crippen LogP contribution is -2.34. The number of carbonyl (C=O) groups excluding carboxylic acids is 1. The number of halogens is 1. The molecule has 0 atom stereocenters. The average molecular weight is 420 g/mol. The Bertz CT molecular complexity index is 974. The lowest BCUT2D eigenvalue weighted by Gasteiger charge is -2.09. The second-order valence-electron chi connectivity index (χ2n) is 5.77. The van der Waals surface area contributed by atoms with E-state index in [0.29, 0.717) is 28.1 Å². The molecule has 0 unspecified atom stereocenters. The molecule has 0 radical (unpaired) electrons. The minimum atomic E-state index is -0.308. The van der Waals surface area contributed by atoms with Crippen LogP contribution in [0.25, 0.3) is 10.2 Å². The normalized spacial score (nSPS) is 10.6. The molecule has 3 aromatic rings. The van der Waals surface area contributed by atoms with E-state index in [1.165, 1.54) is 11.3 Å². The maximum atomic E-state index is 12.4. The van der Waals surface area contributed by atoms with Crippen molar-refractivity contribution in [3.05, 3.63) is 53.1 Å². The Morgan fingerprint density at radius 2 is 2.15 bits per heavy atom. The van der Waals surface area contributed by atoms with Gasteiger partial charge in [-0.15, -0.1) is 0 Å². The number of rotatable bonds is 6. The van der Waals surface area contributed by atoms with Crippen molar-refractivity contribution in [2.45, 2.75) is 19.8 Å². The second kappa shape index (κ2) is 9.12. The van der Waals surface area contributed by atoms with Crippen molar-refractivity contribution in [1.29, 1.82) is 0 Å². The zero-order chi connectivity index (χ0) is 19.2. The number of hydrogen-bond acceptors (Lipinski definition) is 5. The van der Waals surface area contributed by atoms with Crippen LogP contribution in [0.1, 0.15) is 30.1 Å². The maximum absolute atomic E-state index is 12.4. The standard InChI is InChI=1S/C19H18ClN3O2S2/c1-2-3-9-25-14-6-4-5-12(10-14)17(24)22-18(26)23-19-21-15-8-7-13(20)11-16(15)27-19/h4-8,10-11H,2-3,9H2,1H3,(H2,21,22,23,24,26). The van der Waals surface area contributed by atoms with E-state index >= 15 is 0 Å². The van der Waals surface area contributed by atoms with Crippen LogP contribution in [-0.2, 0) is 0 Å². The van der Waals surface area contributed by atoms with Gasteiger partial charge in [-0.2, -0.15) is 0 Å². The molecule has 0 saturated carbocycles. The second-order valence-corrected chi connectivity index (χ2v) is 7.64. The number of hydrogen-bond donors (Lipinski definition) is 2. The van der Waals surface area contributed by atoms with Gasteiger partial charge in [0.2, 0.25) is 0 Å². The SMILES string of the molecule is CCCCOc1cccc(C(=O)NC(=S)Nc2nc3ccc(Cl)cc3s2)c1. The summed E-state index contributed by atoms with van der Waals surface area (Å²) in [6.07, 6.45) is 2.02. The molecule has 0 spiro atoms. The Hall–Kier alpha value is -2.22. The zero-order valence-electron chi connectivity index (χ0n) is 14.6. The Kier molecular flexibility index (Phi) is 6.60. The van der Waals surface area contributed by atoms with Gasteiger partial charge in [0, 0.05) is 10.6 Å². The smallest absolute Gasteiger partial charge is 0.257 e. The number of ether oxygens (including phenoxy) is 1. The largest absolute Gasteiger partial charge is 0.494 e. The number of anilines is 1. The third-order valence-corrected chi connectivity index (χ3v) is 5.03. The number of nitrogens with one attached hydrogen (secondary N) is 2. The van der Waals surface area contributed by atoms with Crippen LogP contribution in [-0.4, -0.2) is 22.6 Å². The van der Waals surface area contributed by atoms with Crippen molar-refractivity contribution in [3.63, 3.8) is 0 Å². The van der Waals surface area contributed by atoms with Crippen LogP contribution in [0.15, 0.2) is 42.5 Å². The summed E-state index contributed by atoms with van der Waals surface area (Å²) < 4.78 is 6.57. The number of fused-ring (bicyclic) bond motifs is 1. The molecule has 1 aromatic heterocycles. The summed E-state index contributed by atoms with van der Waals surface area (Å²) in [5, 5.41) is 7.02. The molecule has 0 fully saturated rings. The number of nitrogens with zero attached hydrogens (tertiary/aromatic N) is 1. The van der Waals surface area contributed by atoms with E-state index < -0.39 is 0 Å². The number of aromatic nitrogens is 1. The molecule has 0 aliphatic rings. The molecule has 2 aromatic carbocycles. The molecule has 0 aliphatic carbocycles. The van der Waals surface area contributed by atoms with Gasteiger partial charge >= 0.3 is 0 Å². The highest BCUT2D eigenvalue weighted by Crippen LogP contribution is 2.28. The van der Waals surface area contributed by atoms with E-state index in [9.17, 15) is 4.79 Å². The van der Waals surface area contributed by atoms with Gasteiger partial charge in [0.05, 0.1) is 16.8 Å². The molecular weight excluding hydrogens is 402 g/mol. The predicted octanol–water partition coefficient (Wildman–Crippen LogP) is 5.26. The molecule has 2 N–H and O–H groups in total. The molecule has 0 aliphatic heterocycles. The summed E-state index contributed by atoms with van der Waals surface area (Å²) in [7, 11) is 0. The minimum absolute atomic E-state index is 0.183. The zero-order valence-corrected chi connectivity index (χ0v) is 17.0. The lowest BCUT2D eigenvalue weighted by molar-refractivity contribution is 0.0977. The van der Waals surface area contributed by atoms with Crippen molar-refractivity contribution in [1.82, 2.24) is 10.3 Å². The van der Waals surface area contributed by atoms with Crippen LogP contribution in [0.2, 0.25) is 5.02 Å². The molecule has 8 heteroatoms. The molecule has 0 bridgehead atoms. The van der Waals surface area contributed by atoms with Gasteiger partial charge in [-0.05, 0) is 55.0 Å². The van der Waals surface area contributed by atoms with E-state index in [-0.39, 0.29) is 11.0 Å². The highest BCUT2D eigenvalue weighted by atomic mass is 35.5. The lowest BCUT2D eigenvalue weighted by atomic mass is 10.2. The van der Waals surface area contributed by atoms with E-state index in [1.54, 1.807) is 24.3 Å². The van der Waals surface area contributed by atoms with E-state index in [1.807, 2.05) is 18.2 Å². The van der Waals surface area contributed by atoms with Gasteiger partial charge in [0.1, 0.15) is 5.75 Å². The van der Waals surface area contributed by atoms with Crippen molar-refractivity contribution in [3.8, 4) is 5.75 Å². The van der Waals surface area contributed by atoms with Crippen LogP contribution in [0.4, 0.5) is 5.13 Å². The number of thiocarbonyl (C=S) groups is 1. The van der Waals surface area contributed by atoms with Crippen molar-refractivity contribution in [2.24, 2.45) is 0 Å². The van der Waals surface area contributed by atoms with Gasteiger partial charge in [-0.25, -0.2) is 4.98 Å². The molecule has 27 heavy (non-hydrogen) atoms. The molecule has 1 amide bonds. The van der Waals surface area contributed by atoms with Crippen molar-refractivity contribution in [2.75, 3.05) is 11.9 Å². The Morgan fingerprint density at radius 1 is 1.30 bits per heavy atom. The van der Waals surface area contributed by atoms with Crippen molar-refractivity contribution < 1.29 is 9.53 Å². The Labute approximate surface area is 171 Å². The Morgan fingerprint density at radius 3 is 2.96 bits per heavy atom. The van der Waals surface area contributed by atoms with Gasteiger partial charge in [0.15, 0.2) is 10.2 Å². The number of unbranched alkanes of at least 4 members (excludes halogenated alkanes) is 1. The molecule has 3 rings (SSSR count). The van der Waals surface area contributed by atoms with Crippen molar-refractivity contribution >= 4 is 61.5 Å². The molecule has 0 saturated heterocycles. The number of thiazole rings is 1. The quantitative estimate of drug-likeness (QED) is 0.421. The number of amides is 1. The fraction of sp³-hybridized carbons (Fsp3) is 0.211. The van der Waals surface area contributed by atoms with Crippen LogP contribution < -0.4 is 15.4 Å². The highest BCUT2D eigenvalue weighted by molar-refractivity contribution is 7.80. The van der Waals surface area contributed by atoms with Crippen LogP contribution in [0, 0.1) is 0 Å². The van der Waals surface area contributed by atoms with Crippen LogP contribution in [0.5, 0.6) is 5.75 Å². The Balaban J connectivity index is 1.61. The summed E-state index contributed by atoms with van der Waals surface area (Å²) in [6, 6.07) is 12.5. The molecule has 5 nitrogen and oxygen atoms in total.